The number of aliphatic carboxylic acids is 1. The monoisotopic (exact) mass is 302 g/mol. The van der Waals surface area contributed by atoms with E-state index in [-0.39, 0.29) is 5.96 Å². The third kappa shape index (κ3) is 11.7. The Balaban J connectivity index is 3.70. The number of carboxylic acids is 1. The van der Waals surface area contributed by atoms with Crippen molar-refractivity contribution in [2.24, 2.45) is 16.5 Å². The molecule has 0 aromatic carbocycles. The largest absolute Gasteiger partial charge is 0.480 e. The molecule has 1 amide bonds. The third-order valence-corrected chi connectivity index (χ3v) is 2.73. The zero-order chi connectivity index (χ0) is 16.1. The van der Waals surface area contributed by atoms with Gasteiger partial charge in [-0.05, 0) is 19.3 Å². The van der Waals surface area contributed by atoms with Crippen LogP contribution >= 0.6 is 0 Å². The van der Waals surface area contributed by atoms with E-state index in [0.29, 0.717) is 26.0 Å². The molecule has 8 heteroatoms. The van der Waals surface area contributed by atoms with Crippen LogP contribution in [-0.2, 0) is 9.53 Å². The van der Waals surface area contributed by atoms with Gasteiger partial charge in [0.15, 0.2) is 5.96 Å². The van der Waals surface area contributed by atoms with Gasteiger partial charge in [-0.1, -0.05) is 26.2 Å². The normalized spacial score (nSPS) is 12.8. The van der Waals surface area contributed by atoms with Crippen molar-refractivity contribution in [3.8, 4) is 0 Å². The number of carbonyl (C=O) groups excluding carboxylic acids is 1. The molecule has 8 nitrogen and oxygen atoms in total. The van der Waals surface area contributed by atoms with Crippen LogP contribution in [0.15, 0.2) is 4.99 Å². The number of amides is 1. The number of alkyl carbamates (subject to hydrolysis) is 1. The highest BCUT2D eigenvalue weighted by molar-refractivity contribution is 5.92. The Bertz CT molecular complexity index is 347. The Morgan fingerprint density at radius 2 is 2.00 bits per heavy atom. The van der Waals surface area contributed by atoms with E-state index in [0.717, 1.165) is 25.7 Å². The molecule has 0 saturated heterocycles. The molecule has 0 aliphatic rings. The molecular formula is C13H26N4O4. The van der Waals surface area contributed by atoms with Crippen LogP contribution in [0.2, 0.25) is 0 Å². The Kier molecular flexibility index (Phi) is 10.9. The number of hydrogen-bond acceptors (Lipinski definition) is 5. The maximum atomic E-state index is 11.3. The number of carbonyl (C=O) groups is 2. The second kappa shape index (κ2) is 12.0. The molecule has 0 spiro atoms. The predicted molar refractivity (Wildman–Crippen MR) is 80.0 cm³/mol. The lowest BCUT2D eigenvalue weighted by Gasteiger charge is -2.07. The van der Waals surface area contributed by atoms with Gasteiger partial charge in [0.05, 0.1) is 6.61 Å². The summed E-state index contributed by atoms with van der Waals surface area (Å²) in [6.07, 6.45) is 4.23. The summed E-state index contributed by atoms with van der Waals surface area (Å²) in [5.74, 6) is -1.09. The van der Waals surface area contributed by atoms with Gasteiger partial charge >= 0.3 is 12.1 Å². The molecule has 0 heterocycles. The first-order chi connectivity index (χ1) is 9.97. The van der Waals surface area contributed by atoms with Crippen LogP contribution in [0.1, 0.15) is 45.4 Å². The van der Waals surface area contributed by atoms with Crippen LogP contribution in [0, 0.1) is 0 Å². The third-order valence-electron chi connectivity index (χ3n) is 2.73. The summed E-state index contributed by atoms with van der Waals surface area (Å²) in [6, 6.07) is -0.900. The number of guanidine groups is 1. The number of carboxylic acid groups (broad SMARTS) is 1. The van der Waals surface area contributed by atoms with E-state index in [4.69, 9.17) is 21.3 Å². The summed E-state index contributed by atoms with van der Waals surface area (Å²) in [4.78, 5) is 25.7. The summed E-state index contributed by atoms with van der Waals surface area (Å²) in [7, 11) is 0. The number of ether oxygens (including phenoxy) is 1. The van der Waals surface area contributed by atoms with E-state index in [1.165, 1.54) is 0 Å². The molecule has 0 aromatic heterocycles. The Morgan fingerprint density at radius 1 is 1.29 bits per heavy atom. The quantitative estimate of drug-likeness (QED) is 0.267. The molecule has 6 N–H and O–H groups in total. The SMILES string of the molecule is CCCCCCOC(=O)NC(N)=NCCC[C@H](N)C(=O)O. The van der Waals surface area contributed by atoms with Gasteiger partial charge in [0.1, 0.15) is 6.04 Å². The van der Waals surface area contributed by atoms with E-state index >= 15 is 0 Å². The van der Waals surface area contributed by atoms with Crippen LogP contribution < -0.4 is 16.8 Å². The first-order valence-corrected chi connectivity index (χ1v) is 7.19. The highest BCUT2D eigenvalue weighted by Gasteiger charge is 2.10. The first kappa shape index (κ1) is 19.2. The van der Waals surface area contributed by atoms with E-state index in [1.807, 2.05) is 0 Å². The van der Waals surface area contributed by atoms with Crippen molar-refractivity contribution in [2.45, 2.75) is 51.5 Å². The summed E-state index contributed by atoms with van der Waals surface area (Å²) in [5, 5.41) is 10.9. The Morgan fingerprint density at radius 3 is 2.62 bits per heavy atom. The topological polar surface area (TPSA) is 140 Å². The highest BCUT2D eigenvalue weighted by atomic mass is 16.5. The molecule has 0 aliphatic heterocycles. The van der Waals surface area contributed by atoms with Crippen LogP contribution in [0.4, 0.5) is 4.79 Å². The molecule has 0 radical (unpaired) electrons. The smallest absolute Gasteiger partial charge is 0.413 e. The molecule has 122 valence electrons. The standard InChI is InChI=1S/C13H26N4O4/c1-2-3-4-5-9-21-13(20)17-12(15)16-8-6-7-10(14)11(18)19/h10H,2-9,14H2,1H3,(H,18,19)(H3,15,16,17,20)/t10-/m0/s1. The van der Waals surface area contributed by atoms with Gasteiger partial charge < -0.3 is 21.3 Å². The predicted octanol–water partition coefficient (Wildman–Crippen LogP) is 0.800. The maximum absolute atomic E-state index is 11.3. The number of nitrogens with zero attached hydrogens (tertiary/aromatic N) is 1. The number of aliphatic imine (C=N–C) groups is 1. The van der Waals surface area contributed by atoms with Crippen LogP contribution in [0.5, 0.6) is 0 Å². The fourth-order valence-electron chi connectivity index (χ4n) is 1.51. The van der Waals surface area contributed by atoms with Crippen molar-refractivity contribution < 1.29 is 19.4 Å². The van der Waals surface area contributed by atoms with E-state index in [1.54, 1.807) is 0 Å². The van der Waals surface area contributed by atoms with Crippen molar-refractivity contribution in [1.29, 1.82) is 0 Å². The number of hydrogen-bond donors (Lipinski definition) is 4. The summed E-state index contributed by atoms with van der Waals surface area (Å²) in [5.41, 5.74) is 10.8. The van der Waals surface area contributed by atoms with Crippen LogP contribution in [0.3, 0.4) is 0 Å². The number of nitrogens with two attached hydrogens (primary N) is 2. The molecule has 0 aromatic rings. The van der Waals surface area contributed by atoms with E-state index in [9.17, 15) is 9.59 Å². The van der Waals surface area contributed by atoms with E-state index < -0.39 is 18.1 Å². The lowest BCUT2D eigenvalue weighted by atomic mass is 10.2. The van der Waals surface area contributed by atoms with Gasteiger partial charge in [0.25, 0.3) is 0 Å². The Labute approximate surface area is 124 Å². The van der Waals surface area contributed by atoms with Gasteiger partial charge in [-0.25, -0.2) is 4.79 Å². The average Bonchev–Trinajstić information content (AvgIpc) is 2.42. The van der Waals surface area contributed by atoms with Gasteiger partial charge in [-0.15, -0.1) is 0 Å². The molecule has 0 rings (SSSR count). The second-order valence-electron chi connectivity index (χ2n) is 4.68. The van der Waals surface area contributed by atoms with Crippen molar-refractivity contribution >= 4 is 18.0 Å². The van der Waals surface area contributed by atoms with E-state index in [2.05, 4.69) is 17.2 Å². The van der Waals surface area contributed by atoms with Gasteiger partial charge in [-0.3, -0.25) is 15.1 Å². The van der Waals surface area contributed by atoms with Crippen molar-refractivity contribution in [3.05, 3.63) is 0 Å². The fraction of sp³-hybridized carbons (Fsp3) is 0.769. The highest BCUT2D eigenvalue weighted by Crippen LogP contribution is 1.99. The first-order valence-electron chi connectivity index (χ1n) is 7.19. The number of rotatable bonds is 10. The van der Waals surface area contributed by atoms with Crippen molar-refractivity contribution in [1.82, 2.24) is 5.32 Å². The molecular weight excluding hydrogens is 276 g/mol. The summed E-state index contributed by atoms with van der Waals surface area (Å²) >= 11 is 0. The minimum Gasteiger partial charge on any atom is -0.480 e. The molecule has 0 aliphatic carbocycles. The second-order valence-corrected chi connectivity index (χ2v) is 4.68. The van der Waals surface area contributed by atoms with Crippen molar-refractivity contribution in [2.75, 3.05) is 13.2 Å². The van der Waals surface area contributed by atoms with Gasteiger partial charge in [0, 0.05) is 6.54 Å². The molecule has 0 unspecified atom stereocenters. The average molecular weight is 302 g/mol. The zero-order valence-electron chi connectivity index (χ0n) is 12.5. The summed E-state index contributed by atoms with van der Waals surface area (Å²) < 4.78 is 4.93. The minimum absolute atomic E-state index is 0.0440. The lowest BCUT2D eigenvalue weighted by Crippen LogP contribution is -2.37. The minimum atomic E-state index is -1.04. The molecule has 21 heavy (non-hydrogen) atoms. The van der Waals surface area contributed by atoms with Crippen LogP contribution in [-0.4, -0.2) is 42.3 Å². The lowest BCUT2D eigenvalue weighted by molar-refractivity contribution is -0.138. The van der Waals surface area contributed by atoms with Crippen LogP contribution in [0.25, 0.3) is 0 Å². The van der Waals surface area contributed by atoms with Crippen molar-refractivity contribution in [3.63, 3.8) is 0 Å². The zero-order valence-corrected chi connectivity index (χ0v) is 12.5. The molecule has 1 atom stereocenters. The van der Waals surface area contributed by atoms with Gasteiger partial charge in [0.2, 0.25) is 0 Å². The molecule has 0 saturated carbocycles. The fourth-order valence-corrected chi connectivity index (χ4v) is 1.51. The molecule has 0 bridgehead atoms. The number of unbranched alkanes of at least 4 members (excludes halogenated alkanes) is 3. The summed E-state index contributed by atoms with van der Waals surface area (Å²) in [6.45, 7) is 2.75. The van der Waals surface area contributed by atoms with Gasteiger partial charge in [-0.2, -0.15) is 0 Å². The molecule has 0 fully saturated rings. The Hall–Kier alpha value is -1.83. The number of nitrogens with one attached hydrogen (secondary N) is 1. The maximum Gasteiger partial charge on any atom is 0.413 e.